The summed E-state index contributed by atoms with van der Waals surface area (Å²) in [5.74, 6) is -0.947. The van der Waals surface area contributed by atoms with Crippen LogP contribution in [0.2, 0.25) is 0 Å². The van der Waals surface area contributed by atoms with E-state index in [1.54, 1.807) is 13.8 Å². The molecule has 0 aliphatic carbocycles. The van der Waals surface area contributed by atoms with Gasteiger partial charge in [0.1, 0.15) is 0 Å². The lowest BCUT2D eigenvalue weighted by atomic mass is 9.85. The monoisotopic (exact) mass is 286 g/mol. The van der Waals surface area contributed by atoms with Crippen LogP contribution in [0.15, 0.2) is 0 Å². The number of carboxylic acid groups (broad SMARTS) is 1. The van der Waals surface area contributed by atoms with Gasteiger partial charge in [0.05, 0.1) is 6.42 Å². The van der Waals surface area contributed by atoms with Crippen LogP contribution in [0.3, 0.4) is 0 Å². The Morgan fingerprint density at radius 1 is 1.10 bits per heavy atom. The van der Waals surface area contributed by atoms with Gasteiger partial charge in [-0.05, 0) is 33.1 Å². The first kappa shape index (κ1) is 18.9. The second-order valence-electron chi connectivity index (χ2n) is 6.69. The number of carbonyl (C=O) groups is 2. The first-order valence-electron chi connectivity index (χ1n) is 7.29. The van der Waals surface area contributed by atoms with E-state index in [1.807, 2.05) is 0 Å². The minimum atomic E-state index is -0.867. The van der Waals surface area contributed by atoms with Gasteiger partial charge >= 0.3 is 5.97 Å². The third kappa shape index (κ3) is 8.15. The van der Waals surface area contributed by atoms with Crippen LogP contribution in [0.5, 0.6) is 0 Å². The molecule has 0 aliphatic heterocycles. The number of hydrogen-bond donors (Lipinski definition) is 2. The Kier molecular flexibility index (Phi) is 7.79. The smallest absolute Gasteiger partial charge is 0.303 e. The van der Waals surface area contributed by atoms with Crippen molar-refractivity contribution in [3.8, 4) is 0 Å². The van der Waals surface area contributed by atoms with Crippen LogP contribution in [-0.4, -0.2) is 47.1 Å². The van der Waals surface area contributed by atoms with Gasteiger partial charge in [0.2, 0.25) is 5.91 Å². The SMILES string of the molecule is CC(C)N(CCNC(=O)CC(C)(C)CC(=O)O)C(C)C. The van der Waals surface area contributed by atoms with Gasteiger partial charge < -0.3 is 10.4 Å². The molecule has 0 spiro atoms. The Balaban J connectivity index is 4.14. The quantitative estimate of drug-likeness (QED) is 0.681. The molecular formula is C15H30N2O3. The molecule has 0 atom stereocenters. The molecule has 0 rings (SSSR count). The molecule has 118 valence electrons. The minimum absolute atomic E-state index is 0.00450. The topological polar surface area (TPSA) is 69.6 Å². The Labute approximate surface area is 122 Å². The Hall–Kier alpha value is -1.10. The van der Waals surface area contributed by atoms with Gasteiger partial charge in [-0.2, -0.15) is 0 Å². The molecule has 0 saturated heterocycles. The van der Waals surface area contributed by atoms with Crippen molar-refractivity contribution < 1.29 is 14.7 Å². The van der Waals surface area contributed by atoms with Gasteiger partial charge in [0.15, 0.2) is 0 Å². The highest BCUT2D eigenvalue weighted by Crippen LogP contribution is 2.24. The lowest BCUT2D eigenvalue weighted by Crippen LogP contribution is -2.43. The normalized spacial score (nSPS) is 12.2. The maximum atomic E-state index is 11.8. The number of carbonyl (C=O) groups excluding carboxylic acids is 1. The van der Waals surface area contributed by atoms with Crippen LogP contribution in [0.4, 0.5) is 0 Å². The van der Waals surface area contributed by atoms with Crippen molar-refractivity contribution in [3.05, 3.63) is 0 Å². The molecule has 0 fully saturated rings. The molecule has 5 nitrogen and oxygen atoms in total. The first-order valence-corrected chi connectivity index (χ1v) is 7.29. The summed E-state index contributed by atoms with van der Waals surface area (Å²) in [5, 5.41) is 11.7. The predicted octanol–water partition coefficient (Wildman–Crippen LogP) is 2.11. The van der Waals surface area contributed by atoms with Gasteiger partial charge in [-0.25, -0.2) is 0 Å². The van der Waals surface area contributed by atoms with Gasteiger partial charge in [0.25, 0.3) is 0 Å². The molecule has 0 unspecified atom stereocenters. The molecule has 0 aromatic rings. The Morgan fingerprint density at radius 2 is 1.60 bits per heavy atom. The third-order valence-electron chi connectivity index (χ3n) is 3.29. The summed E-state index contributed by atoms with van der Waals surface area (Å²) >= 11 is 0. The van der Waals surface area contributed by atoms with Crippen molar-refractivity contribution in [2.75, 3.05) is 13.1 Å². The van der Waals surface area contributed by atoms with Crippen LogP contribution in [-0.2, 0) is 9.59 Å². The zero-order valence-electron chi connectivity index (χ0n) is 13.7. The van der Waals surface area contributed by atoms with E-state index in [0.717, 1.165) is 6.54 Å². The van der Waals surface area contributed by atoms with Crippen molar-refractivity contribution in [1.29, 1.82) is 0 Å². The highest BCUT2D eigenvalue weighted by Gasteiger charge is 2.25. The van der Waals surface area contributed by atoms with Gasteiger partial charge in [0, 0.05) is 31.6 Å². The fraction of sp³-hybridized carbons (Fsp3) is 0.867. The molecule has 2 N–H and O–H groups in total. The third-order valence-corrected chi connectivity index (χ3v) is 3.29. The summed E-state index contributed by atoms with van der Waals surface area (Å²) in [7, 11) is 0. The van der Waals surface area contributed by atoms with E-state index in [-0.39, 0.29) is 18.7 Å². The highest BCUT2D eigenvalue weighted by atomic mass is 16.4. The molecule has 0 aliphatic rings. The largest absolute Gasteiger partial charge is 0.481 e. The molecule has 0 saturated carbocycles. The van der Waals surface area contributed by atoms with E-state index in [9.17, 15) is 9.59 Å². The molecule has 0 aromatic heterocycles. The number of hydrogen-bond acceptors (Lipinski definition) is 3. The van der Waals surface area contributed by atoms with Crippen LogP contribution in [0.25, 0.3) is 0 Å². The molecule has 1 amide bonds. The number of rotatable bonds is 9. The highest BCUT2D eigenvalue weighted by molar-refractivity contribution is 5.77. The number of carboxylic acids is 1. The Bertz CT molecular complexity index is 317. The average molecular weight is 286 g/mol. The van der Waals surface area contributed by atoms with Crippen molar-refractivity contribution >= 4 is 11.9 Å². The van der Waals surface area contributed by atoms with Crippen molar-refractivity contribution in [2.45, 2.75) is 66.5 Å². The molecule has 0 aromatic carbocycles. The van der Waals surface area contributed by atoms with Gasteiger partial charge in [-0.1, -0.05) is 13.8 Å². The van der Waals surface area contributed by atoms with Gasteiger partial charge in [-0.15, -0.1) is 0 Å². The number of aliphatic carboxylic acids is 1. The standard InChI is InChI=1S/C15H30N2O3/c1-11(2)17(12(3)4)8-7-16-13(18)9-15(5,6)10-14(19)20/h11-12H,7-10H2,1-6H3,(H,16,18)(H,19,20). The molecule has 0 bridgehead atoms. The maximum absolute atomic E-state index is 11.8. The minimum Gasteiger partial charge on any atom is -0.481 e. The zero-order valence-corrected chi connectivity index (χ0v) is 13.7. The predicted molar refractivity (Wildman–Crippen MR) is 80.6 cm³/mol. The fourth-order valence-electron chi connectivity index (χ4n) is 2.41. The lowest BCUT2D eigenvalue weighted by molar-refractivity contribution is -0.139. The second kappa shape index (κ2) is 8.25. The summed E-state index contributed by atoms with van der Waals surface area (Å²) in [6.45, 7) is 13.6. The summed E-state index contributed by atoms with van der Waals surface area (Å²) < 4.78 is 0. The van der Waals surface area contributed by atoms with E-state index >= 15 is 0 Å². The van der Waals surface area contributed by atoms with Crippen LogP contribution < -0.4 is 5.32 Å². The molecule has 20 heavy (non-hydrogen) atoms. The van der Waals surface area contributed by atoms with E-state index < -0.39 is 11.4 Å². The van der Waals surface area contributed by atoms with Crippen LogP contribution in [0, 0.1) is 5.41 Å². The summed E-state index contributed by atoms with van der Waals surface area (Å²) in [6, 6.07) is 0.880. The lowest BCUT2D eigenvalue weighted by Gasteiger charge is -2.30. The number of nitrogens with one attached hydrogen (secondary N) is 1. The number of amides is 1. The van der Waals surface area contributed by atoms with Crippen LogP contribution in [0.1, 0.15) is 54.4 Å². The zero-order chi connectivity index (χ0) is 15.9. The van der Waals surface area contributed by atoms with Crippen LogP contribution >= 0.6 is 0 Å². The summed E-state index contributed by atoms with van der Waals surface area (Å²) in [6.07, 6.45) is 0.243. The summed E-state index contributed by atoms with van der Waals surface area (Å²) in [4.78, 5) is 24.9. The van der Waals surface area contributed by atoms with E-state index in [2.05, 4.69) is 37.9 Å². The number of nitrogens with zero attached hydrogens (tertiary/aromatic N) is 1. The fourth-order valence-corrected chi connectivity index (χ4v) is 2.41. The molecule has 0 radical (unpaired) electrons. The molecule has 5 heteroatoms. The second-order valence-corrected chi connectivity index (χ2v) is 6.69. The maximum Gasteiger partial charge on any atom is 0.303 e. The molecule has 0 heterocycles. The van der Waals surface area contributed by atoms with E-state index in [1.165, 1.54) is 0 Å². The van der Waals surface area contributed by atoms with E-state index in [0.29, 0.717) is 18.6 Å². The van der Waals surface area contributed by atoms with Crippen molar-refractivity contribution in [1.82, 2.24) is 10.2 Å². The van der Waals surface area contributed by atoms with E-state index in [4.69, 9.17) is 5.11 Å². The Morgan fingerprint density at radius 3 is 2.00 bits per heavy atom. The van der Waals surface area contributed by atoms with Gasteiger partial charge in [-0.3, -0.25) is 14.5 Å². The van der Waals surface area contributed by atoms with Crippen molar-refractivity contribution in [2.24, 2.45) is 5.41 Å². The molecular weight excluding hydrogens is 256 g/mol. The summed E-state index contributed by atoms with van der Waals surface area (Å²) in [5.41, 5.74) is -0.508. The first-order chi connectivity index (χ1) is 9.05. The van der Waals surface area contributed by atoms with Crippen molar-refractivity contribution in [3.63, 3.8) is 0 Å². The average Bonchev–Trinajstić information content (AvgIpc) is 2.19.